The molecule has 0 radical (unpaired) electrons. The maximum Gasteiger partial charge on any atom is 0.257 e. The predicted octanol–water partition coefficient (Wildman–Crippen LogP) is 3.58. The first-order valence-electron chi connectivity index (χ1n) is 8.35. The fourth-order valence-electron chi connectivity index (χ4n) is 2.98. The quantitative estimate of drug-likeness (QED) is 0.521. The fourth-order valence-corrected chi connectivity index (χ4v) is 2.98. The third-order valence-electron chi connectivity index (χ3n) is 4.31. The van der Waals surface area contributed by atoms with E-state index < -0.39 is 5.91 Å². The summed E-state index contributed by atoms with van der Waals surface area (Å²) in [6.45, 7) is 0. The first kappa shape index (κ1) is 16.5. The monoisotopic (exact) mass is 356 g/mol. The van der Waals surface area contributed by atoms with E-state index in [9.17, 15) is 9.59 Å². The molecule has 6 heteroatoms. The Labute approximate surface area is 155 Å². The van der Waals surface area contributed by atoms with Crippen LogP contribution in [0.25, 0.3) is 22.0 Å². The molecule has 1 aromatic heterocycles. The summed E-state index contributed by atoms with van der Waals surface area (Å²) in [6.07, 6.45) is 1.66. The molecule has 0 saturated carbocycles. The van der Waals surface area contributed by atoms with Crippen LogP contribution in [0.1, 0.15) is 20.7 Å². The zero-order chi connectivity index (χ0) is 18.8. The number of nitrogens with two attached hydrogens (primary N) is 1. The van der Waals surface area contributed by atoms with Crippen molar-refractivity contribution in [2.75, 3.05) is 5.32 Å². The summed E-state index contributed by atoms with van der Waals surface area (Å²) in [6, 6.07) is 19.9. The highest BCUT2D eigenvalue weighted by molar-refractivity contribution is 6.13. The molecule has 4 rings (SSSR count). The average molecular weight is 356 g/mol. The van der Waals surface area contributed by atoms with E-state index in [1.807, 2.05) is 42.5 Å². The van der Waals surface area contributed by atoms with Gasteiger partial charge in [-0.25, -0.2) is 0 Å². The maximum absolute atomic E-state index is 12.9. The molecule has 0 aliphatic carbocycles. The molecule has 6 nitrogen and oxygen atoms in total. The lowest BCUT2D eigenvalue weighted by atomic mass is 9.98. The van der Waals surface area contributed by atoms with Crippen LogP contribution < -0.4 is 11.1 Å². The van der Waals surface area contributed by atoms with Gasteiger partial charge in [0.15, 0.2) is 0 Å². The molecule has 0 aliphatic rings. The van der Waals surface area contributed by atoms with Gasteiger partial charge in [-0.3, -0.25) is 14.7 Å². The van der Waals surface area contributed by atoms with Gasteiger partial charge in [-0.1, -0.05) is 30.3 Å². The van der Waals surface area contributed by atoms with Crippen LogP contribution in [0.3, 0.4) is 0 Å². The Hall–Kier alpha value is -3.93. The second kappa shape index (κ2) is 6.76. The van der Waals surface area contributed by atoms with Crippen molar-refractivity contribution in [3.05, 3.63) is 84.1 Å². The normalized spacial score (nSPS) is 10.7. The molecule has 0 unspecified atom stereocenters. The van der Waals surface area contributed by atoms with Crippen LogP contribution in [-0.2, 0) is 0 Å². The molecule has 132 valence electrons. The Morgan fingerprint density at radius 1 is 0.926 bits per heavy atom. The Kier molecular flexibility index (Phi) is 4.14. The van der Waals surface area contributed by atoms with Crippen molar-refractivity contribution < 1.29 is 9.59 Å². The summed E-state index contributed by atoms with van der Waals surface area (Å²) in [5.41, 5.74) is 9.21. The van der Waals surface area contributed by atoms with Gasteiger partial charge >= 0.3 is 0 Å². The Morgan fingerprint density at radius 2 is 1.74 bits per heavy atom. The lowest BCUT2D eigenvalue weighted by Crippen LogP contribution is -2.13. The number of nitrogens with zero attached hydrogens (tertiary/aromatic N) is 1. The van der Waals surface area contributed by atoms with Gasteiger partial charge in [0, 0.05) is 16.6 Å². The second-order valence-corrected chi connectivity index (χ2v) is 6.12. The third kappa shape index (κ3) is 3.28. The van der Waals surface area contributed by atoms with E-state index in [4.69, 9.17) is 5.73 Å². The van der Waals surface area contributed by atoms with Gasteiger partial charge in [0.1, 0.15) is 0 Å². The molecule has 0 saturated heterocycles. The van der Waals surface area contributed by atoms with Gasteiger partial charge in [0.2, 0.25) is 5.91 Å². The van der Waals surface area contributed by atoms with Crippen LogP contribution in [0, 0.1) is 0 Å². The second-order valence-electron chi connectivity index (χ2n) is 6.12. The molecule has 3 aromatic carbocycles. The molecule has 0 bridgehead atoms. The van der Waals surface area contributed by atoms with Crippen LogP contribution in [0.4, 0.5) is 5.69 Å². The topological polar surface area (TPSA) is 101 Å². The van der Waals surface area contributed by atoms with Gasteiger partial charge in [0.05, 0.1) is 17.3 Å². The van der Waals surface area contributed by atoms with E-state index in [0.717, 1.165) is 16.5 Å². The SMILES string of the molecule is NC(=O)c1cccc(-c2cc(C(=O)Nc3ccccc3)c3[nH]ncc3c2)c1. The van der Waals surface area contributed by atoms with Crippen molar-refractivity contribution in [2.45, 2.75) is 0 Å². The number of para-hydroxylation sites is 1. The Balaban J connectivity index is 1.79. The van der Waals surface area contributed by atoms with Crippen molar-refractivity contribution in [1.82, 2.24) is 10.2 Å². The zero-order valence-electron chi connectivity index (χ0n) is 14.3. The Morgan fingerprint density at radius 3 is 2.52 bits per heavy atom. The van der Waals surface area contributed by atoms with Gasteiger partial charge in [0.25, 0.3) is 5.91 Å². The van der Waals surface area contributed by atoms with Gasteiger partial charge in [-0.15, -0.1) is 0 Å². The molecular weight excluding hydrogens is 340 g/mol. The number of hydrogen-bond acceptors (Lipinski definition) is 3. The number of aromatic nitrogens is 2. The summed E-state index contributed by atoms with van der Waals surface area (Å²) < 4.78 is 0. The number of benzene rings is 3. The number of aromatic amines is 1. The van der Waals surface area contributed by atoms with Crippen LogP contribution in [0.5, 0.6) is 0 Å². The number of primary amides is 1. The van der Waals surface area contributed by atoms with Crippen molar-refractivity contribution in [1.29, 1.82) is 0 Å². The lowest BCUT2D eigenvalue weighted by molar-refractivity contribution is 0.0997. The van der Waals surface area contributed by atoms with Crippen molar-refractivity contribution in [2.24, 2.45) is 5.73 Å². The summed E-state index contributed by atoms with van der Waals surface area (Å²) in [5, 5.41) is 10.6. The van der Waals surface area contributed by atoms with Gasteiger partial charge in [-0.05, 0) is 47.5 Å². The van der Waals surface area contributed by atoms with Crippen molar-refractivity contribution in [3.63, 3.8) is 0 Å². The van der Waals surface area contributed by atoms with E-state index in [1.165, 1.54) is 0 Å². The number of H-pyrrole nitrogens is 1. The van der Waals surface area contributed by atoms with E-state index in [2.05, 4.69) is 15.5 Å². The molecule has 0 aliphatic heterocycles. The van der Waals surface area contributed by atoms with E-state index in [1.54, 1.807) is 30.5 Å². The first-order valence-corrected chi connectivity index (χ1v) is 8.35. The Bertz CT molecular complexity index is 1150. The van der Waals surface area contributed by atoms with Gasteiger partial charge in [-0.2, -0.15) is 5.10 Å². The molecule has 27 heavy (non-hydrogen) atoms. The first-order chi connectivity index (χ1) is 13.1. The number of hydrogen-bond donors (Lipinski definition) is 3. The molecule has 0 fully saturated rings. The minimum atomic E-state index is -0.497. The molecule has 0 spiro atoms. The molecule has 2 amide bonds. The fraction of sp³-hybridized carbons (Fsp3) is 0. The van der Waals surface area contributed by atoms with Crippen LogP contribution in [0.2, 0.25) is 0 Å². The standard InChI is InChI=1S/C21H16N4O2/c22-20(26)14-6-4-5-13(9-14)15-10-16-12-23-25-19(16)18(11-15)21(27)24-17-7-2-1-3-8-17/h1-12H,(H2,22,26)(H,23,25)(H,24,27). The van der Waals surface area contributed by atoms with E-state index >= 15 is 0 Å². The van der Waals surface area contributed by atoms with Crippen LogP contribution in [0.15, 0.2) is 72.9 Å². The van der Waals surface area contributed by atoms with Crippen molar-refractivity contribution in [3.8, 4) is 11.1 Å². The highest BCUT2D eigenvalue weighted by Crippen LogP contribution is 2.28. The number of amides is 2. The van der Waals surface area contributed by atoms with E-state index in [-0.39, 0.29) is 5.91 Å². The number of carbonyl (C=O) groups is 2. The highest BCUT2D eigenvalue weighted by Gasteiger charge is 2.15. The summed E-state index contributed by atoms with van der Waals surface area (Å²) in [4.78, 5) is 24.3. The lowest BCUT2D eigenvalue weighted by Gasteiger charge is -2.09. The predicted molar refractivity (Wildman–Crippen MR) is 104 cm³/mol. The molecule has 4 N–H and O–H groups in total. The molecule has 0 atom stereocenters. The van der Waals surface area contributed by atoms with Gasteiger partial charge < -0.3 is 11.1 Å². The molecule has 4 aromatic rings. The minimum absolute atomic E-state index is 0.247. The smallest absolute Gasteiger partial charge is 0.257 e. The van der Waals surface area contributed by atoms with E-state index in [0.29, 0.717) is 22.3 Å². The van der Waals surface area contributed by atoms with Crippen LogP contribution in [-0.4, -0.2) is 22.0 Å². The maximum atomic E-state index is 12.9. The average Bonchev–Trinajstić information content (AvgIpc) is 3.16. The van der Waals surface area contributed by atoms with Crippen LogP contribution >= 0.6 is 0 Å². The minimum Gasteiger partial charge on any atom is -0.366 e. The number of fused-ring (bicyclic) bond motifs is 1. The number of anilines is 1. The molecule has 1 heterocycles. The van der Waals surface area contributed by atoms with Crippen molar-refractivity contribution >= 4 is 28.4 Å². The number of carbonyl (C=O) groups excluding carboxylic acids is 2. The number of nitrogens with one attached hydrogen (secondary N) is 2. The zero-order valence-corrected chi connectivity index (χ0v) is 14.3. The summed E-state index contributed by atoms with van der Waals surface area (Å²) in [7, 11) is 0. The molecular formula is C21H16N4O2. The highest BCUT2D eigenvalue weighted by atomic mass is 16.2. The summed E-state index contributed by atoms with van der Waals surface area (Å²) in [5.74, 6) is -0.744. The third-order valence-corrected chi connectivity index (χ3v) is 4.31. The summed E-state index contributed by atoms with van der Waals surface area (Å²) >= 11 is 0. The number of rotatable bonds is 4. The largest absolute Gasteiger partial charge is 0.366 e.